The number of hydrogen-bond acceptors (Lipinski definition) is 4. The summed E-state index contributed by atoms with van der Waals surface area (Å²) in [6.07, 6.45) is -10.2. The van der Waals surface area contributed by atoms with E-state index in [2.05, 4.69) is 9.72 Å². The van der Waals surface area contributed by atoms with Crippen molar-refractivity contribution in [1.29, 1.82) is 0 Å². The Balaban J connectivity index is 3.55. The van der Waals surface area contributed by atoms with Crippen LogP contribution in [-0.4, -0.2) is 16.3 Å². The summed E-state index contributed by atoms with van der Waals surface area (Å²) in [6.45, 7) is 0. The van der Waals surface area contributed by atoms with E-state index in [-0.39, 0.29) is 0 Å². The Bertz CT molecular complexity index is 515. The van der Waals surface area contributed by atoms with Crippen LogP contribution in [-0.2, 0) is 6.18 Å². The summed E-state index contributed by atoms with van der Waals surface area (Å²) < 4.78 is 76.1. The fraction of sp³-hybridized carbons (Fsp3) is 0.286. The van der Waals surface area contributed by atoms with Gasteiger partial charge in [0.25, 0.3) is 0 Å². The predicted octanol–water partition coefficient (Wildman–Crippen LogP) is 3.51. The van der Waals surface area contributed by atoms with E-state index in [0.29, 0.717) is 6.20 Å². The molecule has 0 aliphatic heterocycles. The molecule has 1 rings (SSSR count). The van der Waals surface area contributed by atoms with Crippen molar-refractivity contribution in [2.45, 2.75) is 12.5 Å². The van der Waals surface area contributed by atoms with Crippen LogP contribution >= 0.6 is 22.6 Å². The van der Waals surface area contributed by atoms with Crippen LogP contribution in [0.4, 0.5) is 32.0 Å². The van der Waals surface area contributed by atoms with Gasteiger partial charge in [-0.2, -0.15) is 13.2 Å². The lowest BCUT2D eigenvalue weighted by Crippen LogP contribution is -2.21. The molecule has 0 unspecified atom stereocenters. The van der Waals surface area contributed by atoms with Crippen molar-refractivity contribution < 1.29 is 36.0 Å². The Labute approximate surface area is 113 Å². The maximum atomic E-state index is 12.6. The first-order chi connectivity index (χ1) is 8.43. The first-order valence-corrected chi connectivity index (χ1v) is 5.17. The molecule has 0 N–H and O–H groups in total. The molecule has 0 amide bonds. The highest BCUT2D eigenvalue weighted by atomic mass is 127. The van der Waals surface area contributed by atoms with Gasteiger partial charge in [-0.3, -0.25) is 10.1 Å². The molecule has 12 heteroatoms. The zero-order valence-electron chi connectivity index (χ0n) is 8.34. The summed E-state index contributed by atoms with van der Waals surface area (Å²) in [4.78, 5) is 11.8. The predicted molar refractivity (Wildman–Crippen MR) is 55.3 cm³/mol. The fourth-order valence-electron chi connectivity index (χ4n) is 1.08. The minimum absolute atomic E-state index is 0.400. The Hall–Kier alpha value is -1.34. The van der Waals surface area contributed by atoms with Crippen LogP contribution in [0.15, 0.2) is 6.20 Å². The van der Waals surface area contributed by atoms with E-state index in [1.807, 2.05) is 0 Å². The molecule has 0 spiro atoms. The SMILES string of the molecule is O=[N+]([O-])c1c(OC(F)(F)F)ncc(I)c1C(F)(F)F. The smallest absolute Gasteiger partial charge is 0.381 e. The molecule has 0 bridgehead atoms. The molecule has 1 aromatic rings. The third-order valence-corrected chi connectivity index (χ3v) is 2.47. The molecule has 1 aromatic heterocycles. The van der Waals surface area contributed by atoms with Crippen LogP contribution in [0.1, 0.15) is 5.56 Å². The number of halogens is 7. The molecule has 0 atom stereocenters. The lowest BCUT2D eigenvalue weighted by molar-refractivity contribution is -0.392. The van der Waals surface area contributed by atoms with Gasteiger partial charge in [0, 0.05) is 6.20 Å². The van der Waals surface area contributed by atoms with Gasteiger partial charge in [-0.1, -0.05) is 0 Å². The van der Waals surface area contributed by atoms with Crippen LogP contribution < -0.4 is 4.74 Å². The molecule has 19 heavy (non-hydrogen) atoms. The van der Waals surface area contributed by atoms with Crippen LogP contribution in [0, 0.1) is 13.7 Å². The number of nitro groups is 1. The van der Waals surface area contributed by atoms with Crippen molar-refractivity contribution in [3.8, 4) is 5.88 Å². The van der Waals surface area contributed by atoms with E-state index in [9.17, 15) is 36.5 Å². The van der Waals surface area contributed by atoms with E-state index < -0.39 is 38.2 Å². The third kappa shape index (κ3) is 3.81. The normalized spacial score (nSPS) is 12.4. The molecule has 0 radical (unpaired) electrons. The van der Waals surface area contributed by atoms with Crippen LogP contribution in [0.3, 0.4) is 0 Å². The van der Waals surface area contributed by atoms with Crippen molar-refractivity contribution in [3.63, 3.8) is 0 Å². The molecule has 0 aliphatic rings. The molecule has 5 nitrogen and oxygen atoms in total. The second-order valence-electron chi connectivity index (χ2n) is 2.94. The second-order valence-corrected chi connectivity index (χ2v) is 4.10. The number of nitrogens with zero attached hydrogens (tertiary/aromatic N) is 2. The standard InChI is InChI=1S/C7HF6IN2O3/c8-6(9,10)3-2(14)1-15-5(4(3)16(17)18)19-7(11,12)13/h1H. The molecule has 0 fully saturated rings. The monoisotopic (exact) mass is 402 g/mol. The van der Waals surface area contributed by atoms with Crippen LogP contribution in [0.5, 0.6) is 5.88 Å². The number of aromatic nitrogens is 1. The number of alkyl halides is 6. The summed E-state index contributed by atoms with van der Waals surface area (Å²) >= 11 is 1.07. The first kappa shape index (κ1) is 15.7. The number of rotatable bonds is 2. The maximum Gasteiger partial charge on any atom is 0.574 e. The van der Waals surface area contributed by atoms with Crippen molar-refractivity contribution in [2.75, 3.05) is 0 Å². The molecular weight excluding hydrogens is 401 g/mol. The average molecular weight is 402 g/mol. The Morgan fingerprint density at radius 2 is 1.79 bits per heavy atom. The van der Waals surface area contributed by atoms with E-state index in [4.69, 9.17) is 0 Å². The van der Waals surface area contributed by atoms with Crippen molar-refractivity contribution in [1.82, 2.24) is 4.98 Å². The van der Waals surface area contributed by atoms with Gasteiger partial charge < -0.3 is 4.74 Å². The Morgan fingerprint density at radius 1 is 1.26 bits per heavy atom. The zero-order valence-corrected chi connectivity index (χ0v) is 10.5. The molecule has 106 valence electrons. The Morgan fingerprint density at radius 3 is 2.16 bits per heavy atom. The molecular formula is C7HF6IN2O3. The summed E-state index contributed by atoms with van der Waals surface area (Å²) in [6, 6.07) is 0. The second kappa shape index (κ2) is 4.97. The average Bonchev–Trinajstić information content (AvgIpc) is 2.15. The highest BCUT2D eigenvalue weighted by Gasteiger charge is 2.46. The van der Waals surface area contributed by atoms with E-state index in [1.54, 1.807) is 0 Å². The minimum Gasteiger partial charge on any atom is -0.381 e. The highest BCUT2D eigenvalue weighted by molar-refractivity contribution is 14.1. The lowest BCUT2D eigenvalue weighted by Gasteiger charge is -2.13. The Kier molecular flexibility index (Phi) is 4.11. The molecule has 0 saturated heterocycles. The van der Waals surface area contributed by atoms with E-state index >= 15 is 0 Å². The van der Waals surface area contributed by atoms with Gasteiger partial charge in [-0.05, 0) is 22.6 Å². The van der Waals surface area contributed by atoms with Gasteiger partial charge in [0.15, 0.2) is 5.56 Å². The fourth-order valence-corrected chi connectivity index (χ4v) is 1.78. The third-order valence-electron chi connectivity index (χ3n) is 1.65. The van der Waals surface area contributed by atoms with Gasteiger partial charge in [0.2, 0.25) is 0 Å². The van der Waals surface area contributed by atoms with Gasteiger partial charge in [-0.25, -0.2) is 4.98 Å². The van der Waals surface area contributed by atoms with Crippen molar-refractivity contribution in [2.24, 2.45) is 0 Å². The lowest BCUT2D eigenvalue weighted by atomic mass is 10.2. The number of pyridine rings is 1. The number of ether oxygens (including phenoxy) is 1. The quantitative estimate of drug-likeness (QED) is 0.329. The van der Waals surface area contributed by atoms with Crippen molar-refractivity contribution in [3.05, 3.63) is 25.4 Å². The highest BCUT2D eigenvalue weighted by Crippen LogP contribution is 2.43. The molecule has 0 saturated carbocycles. The van der Waals surface area contributed by atoms with Gasteiger partial charge in [-0.15, -0.1) is 13.2 Å². The van der Waals surface area contributed by atoms with Gasteiger partial charge >= 0.3 is 24.1 Å². The topological polar surface area (TPSA) is 65.3 Å². The summed E-state index contributed by atoms with van der Waals surface area (Å²) in [7, 11) is 0. The van der Waals surface area contributed by atoms with E-state index in [1.165, 1.54) is 0 Å². The first-order valence-electron chi connectivity index (χ1n) is 4.09. The minimum atomic E-state index is -5.40. The maximum absolute atomic E-state index is 12.6. The number of hydrogen-bond donors (Lipinski definition) is 0. The van der Waals surface area contributed by atoms with Gasteiger partial charge in [0.05, 0.1) is 8.49 Å². The van der Waals surface area contributed by atoms with Crippen molar-refractivity contribution >= 4 is 28.3 Å². The summed E-state index contributed by atoms with van der Waals surface area (Å²) in [5.41, 5.74) is -3.72. The zero-order chi connectivity index (χ0) is 15.0. The molecule has 0 aliphatic carbocycles. The van der Waals surface area contributed by atoms with E-state index in [0.717, 1.165) is 22.6 Å². The summed E-state index contributed by atoms with van der Waals surface area (Å²) in [5, 5.41) is 10.5. The van der Waals surface area contributed by atoms with Crippen LogP contribution in [0.25, 0.3) is 0 Å². The summed E-state index contributed by atoms with van der Waals surface area (Å²) in [5.74, 6) is -1.76. The van der Waals surface area contributed by atoms with Gasteiger partial charge in [0.1, 0.15) is 0 Å². The molecule has 0 aromatic carbocycles. The largest absolute Gasteiger partial charge is 0.574 e. The van der Waals surface area contributed by atoms with Crippen LogP contribution in [0.2, 0.25) is 0 Å². The molecule has 1 heterocycles.